The van der Waals surface area contributed by atoms with Crippen molar-refractivity contribution >= 4 is 17.8 Å². The van der Waals surface area contributed by atoms with Gasteiger partial charge in [0.15, 0.2) is 0 Å². The number of rotatable bonds is 10. The number of likely N-dealkylation sites (tertiary alicyclic amines) is 1. The lowest BCUT2D eigenvalue weighted by molar-refractivity contribution is -0.154. The Morgan fingerprint density at radius 3 is 2.29 bits per heavy atom. The maximum Gasteiger partial charge on any atom is 0.309 e. The normalized spacial score (nSPS) is 23.7. The van der Waals surface area contributed by atoms with Gasteiger partial charge in [-0.25, -0.2) is 0 Å². The molecule has 0 aromatic heterocycles. The van der Waals surface area contributed by atoms with Crippen molar-refractivity contribution in [1.82, 2.24) is 15.1 Å². The van der Waals surface area contributed by atoms with E-state index >= 15 is 0 Å². The van der Waals surface area contributed by atoms with Crippen LogP contribution in [-0.4, -0.2) is 72.5 Å². The molecule has 1 N–H and O–H groups in total. The highest BCUT2D eigenvalue weighted by molar-refractivity contribution is 5.90. The second-order valence-corrected chi connectivity index (χ2v) is 11.5. The lowest BCUT2D eigenvalue weighted by atomic mass is 9.93. The monoisotopic (exact) mass is 477 g/mol. The van der Waals surface area contributed by atoms with E-state index in [4.69, 9.17) is 4.74 Å². The largest absolute Gasteiger partial charge is 0.465 e. The third kappa shape index (κ3) is 7.43. The van der Waals surface area contributed by atoms with Crippen LogP contribution < -0.4 is 5.32 Å². The summed E-state index contributed by atoms with van der Waals surface area (Å²) < 4.78 is 5.59. The number of ether oxygens (including phenoxy) is 1. The minimum absolute atomic E-state index is 0.0419. The van der Waals surface area contributed by atoms with Crippen LogP contribution in [0.1, 0.15) is 85.5 Å². The molecule has 7 heteroatoms. The number of esters is 1. The van der Waals surface area contributed by atoms with E-state index in [9.17, 15) is 14.4 Å². The standard InChI is InChI=1S/C27H47N3O4/c1-19(2)17-23-25(31)30(15-12-28-23)24(18-20(3)4)26(32)29-13-9-22(10-14-29)27(33)34-16-11-21-7-5-6-8-21/h19-24,28H,5-18H2,1-4H3/t23-,24?/m0/s1. The average Bonchev–Trinajstić information content (AvgIpc) is 3.32. The number of hydrogen-bond acceptors (Lipinski definition) is 5. The fraction of sp³-hybridized carbons (Fsp3) is 0.889. The van der Waals surface area contributed by atoms with Gasteiger partial charge in [-0.15, -0.1) is 0 Å². The van der Waals surface area contributed by atoms with E-state index in [1.54, 1.807) is 0 Å². The van der Waals surface area contributed by atoms with Gasteiger partial charge >= 0.3 is 5.97 Å². The Morgan fingerprint density at radius 2 is 1.68 bits per heavy atom. The number of carbonyl (C=O) groups is 3. The summed E-state index contributed by atoms with van der Waals surface area (Å²) >= 11 is 0. The highest BCUT2D eigenvalue weighted by Gasteiger charge is 2.39. The molecule has 0 aromatic rings. The number of piperazine rings is 1. The molecule has 7 nitrogen and oxygen atoms in total. The molecular formula is C27H47N3O4. The van der Waals surface area contributed by atoms with Gasteiger partial charge in [-0.05, 0) is 49.9 Å². The Bertz CT molecular complexity index is 681. The predicted molar refractivity (Wildman–Crippen MR) is 133 cm³/mol. The smallest absolute Gasteiger partial charge is 0.309 e. The second-order valence-electron chi connectivity index (χ2n) is 11.5. The SMILES string of the molecule is CC(C)CC(C(=O)N1CCC(C(=O)OCCC2CCCC2)CC1)N1CCN[C@@H](CC(C)C)C1=O. The highest BCUT2D eigenvalue weighted by Crippen LogP contribution is 2.28. The molecule has 1 saturated carbocycles. The van der Waals surface area contributed by atoms with Crippen LogP contribution in [0.15, 0.2) is 0 Å². The van der Waals surface area contributed by atoms with E-state index in [2.05, 4.69) is 33.0 Å². The van der Waals surface area contributed by atoms with Crippen molar-refractivity contribution < 1.29 is 19.1 Å². The Kier molecular flexibility index (Phi) is 10.2. The first-order valence-corrected chi connectivity index (χ1v) is 13.8. The summed E-state index contributed by atoms with van der Waals surface area (Å²) in [6.07, 6.45) is 8.88. The molecule has 2 amide bonds. The molecule has 2 saturated heterocycles. The molecule has 1 unspecified atom stereocenters. The van der Waals surface area contributed by atoms with Crippen molar-refractivity contribution in [3.05, 3.63) is 0 Å². The van der Waals surface area contributed by atoms with E-state index in [1.165, 1.54) is 25.7 Å². The van der Waals surface area contributed by atoms with Crippen molar-refractivity contribution in [1.29, 1.82) is 0 Å². The zero-order valence-electron chi connectivity index (χ0n) is 21.9. The maximum absolute atomic E-state index is 13.6. The number of hydrogen-bond donors (Lipinski definition) is 1. The van der Waals surface area contributed by atoms with Crippen LogP contribution in [0, 0.1) is 23.7 Å². The van der Waals surface area contributed by atoms with Crippen molar-refractivity contribution in [2.75, 3.05) is 32.8 Å². The van der Waals surface area contributed by atoms with E-state index in [0.29, 0.717) is 57.3 Å². The third-order valence-corrected chi connectivity index (χ3v) is 7.77. The molecular weight excluding hydrogens is 430 g/mol. The van der Waals surface area contributed by atoms with Gasteiger partial charge in [0, 0.05) is 26.2 Å². The molecule has 0 bridgehead atoms. The zero-order valence-corrected chi connectivity index (χ0v) is 21.9. The summed E-state index contributed by atoms with van der Waals surface area (Å²) in [6.45, 7) is 11.4. The summed E-state index contributed by atoms with van der Waals surface area (Å²) in [7, 11) is 0. The number of nitrogens with zero attached hydrogens (tertiary/aromatic N) is 2. The van der Waals surface area contributed by atoms with Crippen molar-refractivity contribution in [2.45, 2.75) is 97.6 Å². The quantitative estimate of drug-likeness (QED) is 0.486. The van der Waals surface area contributed by atoms with Gasteiger partial charge in [-0.3, -0.25) is 14.4 Å². The van der Waals surface area contributed by atoms with E-state index in [-0.39, 0.29) is 29.7 Å². The fourth-order valence-corrected chi connectivity index (χ4v) is 5.82. The Morgan fingerprint density at radius 1 is 1.00 bits per heavy atom. The minimum Gasteiger partial charge on any atom is -0.465 e. The van der Waals surface area contributed by atoms with Crippen molar-refractivity contribution in [3.63, 3.8) is 0 Å². The first-order chi connectivity index (χ1) is 16.3. The summed E-state index contributed by atoms with van der Waals surface area (Å²) in [5.74, 6) is 1.33. The summed E-state index contributed by atoms with van der Waals surface area (Å²) in [5.41, 5.74) is 0. The van der Waals surface area contributed by atoms with Crippen LogP contribution in [0.2, 0.25) is 0 Å². The highest BCUT2D eigenvalue weighted by atomic mass is 16.5. The van der Waals surface area contributed by atoms with E-state index in [0.717, 1.165) is 25.3 Å². The third-order valence-electron chi connectivity index (χ3n) is 7.77. The maximum atomic E-state index is 13.6. The number of nitrogens with one attached hydrogen (secondary N) is 1. The molecule has 2 aliphatic heterocycles. The van der Waals surface area contributed by atoms with E-state index < -0.39 is 6.04 Å². The molecule has 0 radical (unpaired) electrons. The summed E-state index contributed by atoms with van der Waals surface area (Å²) in [6, 6.07) is -0.625. The number of piperidine rings is 1. The molecule has 0 aromatic carbocycles. The Labute approximate surface area is 206 Å². The van der Waals surface area contributed by atoms with Crippen LogP contribution in [0.5, 0.6) is 0 Å². The van der Waals surface area contributed by atoms with Crippen LogP contribution in [0.25, 0.3) is 0 Å². The molecule has 3 rings (SSSR count). The van der Waals surface area contributed by atoms with Gasteiger partial charge < -0.3 is 19.9 Å². The molecule has 34 heavy (non-hydrogen) atoms. The van der Waals surface area contributed by atoms with Crippen molar-refractivity contribution in [3.8, 4) is 0 Å². The number of amides is 2. The topological polar surface area (TPSA) is 79.0 Å². The van der Waals surface area contributed by atoms with Gasteiger partial charge in [0.05, 0.1) is 18.6 Å². The van der Waals surface area contributed by atoms with Crippen LogP contribution in [0.4, 0.5) is 0 Å². The van der Waals surface area contributed by atoms with Gasteiger partial charge in [0.2, 0.25) is 11.8 Å². The molecule has 0 spiro atoms. The summed E-state index contributed by atoms with van der Waals surface area (Å²) in [4.78, 5) is 43.1. The lowest BCUT2D eigenvalue weighted by Crippen LogP contribution is -2.62. The minimum atomic E-state index is -0.417. The van der Waals surface area contributed by atoms with Crippen LogP contribution in [-0.2, 0) is 19.1 Å². The molecule has 3 aliphatic rings. The molecule has 194 valence electrons. The number of carbonyl (C=O) groups excluding carboxylic acids is 3. The Balaban J connectivity index is 1.52. The van der Waals surface area contributed by atoms with Crippen LogP contribution in [0.3, 0.4) is 0 Å². The fourth-order valence-electron chi connectivity index (χ4n) is 5.82. The first-order valence-electron chi connectivity index (χ1n) is 13.8. The van der Waals surface area contributed by atoms with Crippen LogP contribution >= 0.6 is 0 Å². The van der Waals surface area contributed by atoms with Gasteiger partial charge in [-0.1, -0.05) is 53.4 Å². The predicted octanol–water partition coefficient (Wildman–Crippen LogP) is 3.61. The lowest BCUT2D eigenvalue weighted by Gasteiger charge is -2.42. The second kappa shape index (κ2) is 12.9. The van der Waals surface area contributed by atoms with E-state index in [1.807, 2.05) is 9.80 Å². The molecule has 1 aliphatic carbocycles. The molecule has 3 fully saturated rings. The Hall–Kier alpha value is -1.63. The van der Waals surface area contributed by atoms with Gasteiger partial charge in [-0.2, -0.15) is 0 Å². The average molecular weight is 478 g/mol. The van der Waals surface area contributed by atoms with Crippen molar-refractivity contribution in [2.24, 2.45) is 23.7 Å². The first kappa shape index (κ1) is 27.0. The van der Waals surface area contributed by atoms with Gasteiger partial charge in [0.25, 0.3) is 0 Å². The molecule has 2 heterocycles. The molecule has 2 atom stereocenters. The summed E-state index contributed by atoms with van der Waals surface area (Å²) in [5, 5.41) is 3.34. The zero-order chi connectivity index (χ0) is 24.7. The van der Waals surface area contributed by atoms with Gasteiger partial charge in [0.1, 0.15) is 6.04 Å².